The first-order valence-electron chi connectivity index (χ1n) is 9.11. The third-order valence-electron chi connectivity index (χ3n) is 5.57. The molecule has 0 amide bonds. The summed E-state index contributed by atoms with van der Waals surface area (Å²) in [7, 11) is -0.623. The number of cyclic esters (lactones) is 1. The predicted molar refractivity (Wildman–Crippen MR) is 96.1 cm³/mol. The summed E-state index contributed by atoms with van der Waals surface area (Å²) in [6, 6.07) is 1.99. The summed E-state index contributed by atoms with van der Waals surface area (Å²) in [5.74, 6) is -0.504. The molecule has 4 rings (SSSR count). The standard InChI is InChI=1S/C19H25BO6/c1-17(2)18(3,4)26-20(25-17)12-10-11-8-7-9-22-14(11)13-15(12)23-19(5,6)24-16(13)21/h10H,7-9H2,1-6H3. The van der Waals surface area contributed by atoms with Crippen LogP contribution in [0.3, 0.4) is 0 Å². The molecule has 0 saturated carbocycles. The Balaban J connectivity index is 1.88. The summed E-state index contributed by atoms with van der Waals surface area (Å²) < 4.78 is 29.7. The normalized spacial score (nSPS) is 24.8. The second-order valence-electron chi connectivity index (χ2n) is 8.59. The third-order valence-corrected chi connectivity index (χ3v) is 5.57. The fourth-order valence-electron chi connectivity index (χ4n) is 3.50. The first kappa shape index (κ1) is 17.7. The van der Waals surface area contributed by atoms with Gasteiger partial charge in [0.1, 0.15) is 17.1 Å². The predicted octanol–water partition coefficient (Wildman–Crippen LogP) is 2.60. The van der Waals surface area contributed by atoms with E-state index in [4.69, 9.17) is 23.5 Å². The monoisotopic (exact) mass is 360 g/mol. The SMILES string of the molecule is CC1(C)OC(=O)c2c3c(cc(B4OC(C)(C)C(C)(C)O4)c2O1)CCCO3. The van der Waals surface area contributed by atoms with Gasteiger partial charge in [0, 0.05) is 19.3 Å². The van der Waals surface area contributed by atoms with Gasteiger partial charge in [-0.3, -0.25) is 0 Å². The minimum atomic E-state index is -1.06. The van der Waals surface area contributed by atoms with Crippen molar-refractivity contribution in [2.24, 2.45) is 0 Å². The molecule has 0 N–H and O–H groups in total. The molecule has 0 aliphatic carbocycles. The van der Waals surface area contributed by atoms with E-state index >= 15 is 0 Å². The largest absolute Gasteiger partial charge is 0.498 e. The van der Waals surface area contributed by atoms with Gasteiger partial charge in [-0.05, 0) is 46.1 Å². The van der Waals surface area contributed by atoms with Crippen molar-refractivity contribution in [2.45, 2.75) is 71.4 Å². The number of ether oxygens (including phenoxy) is 3. The quantitative estimate of drug-likeness (QED) is 0.567. The molecular formula is C19H25BO6. The summed E-state index contributed by atoms with van der Waals surface area (Å²) >= 11 is 0. The number of hydrogen-bond acceptors (Lipinski definition) is 6. The van der Waals surface area contributed by atoms with Crippen LogP contribution in [-0.4, -0.2) is 36.7 Å². The van der Waals surface area contributed by atoms with E-state index in [0.717, 1.165) is 18.4 Å². The van der Waals surface area contributed by atoms with Crippen molar-refractivity contribution >= 4 is 18.6 Å². The maximum absolute atomic E-state index is 12.7. The van der Waals surface area contributed by atoms with E-state index in [-0.39, 0.29) is 0 Å². The highest BCUT2D eigenvalue weighted by Gasteiger charge is 2.54. The van der Waals surface area contributed by atoms with Crippen molar-refractivity contribution in [2.75, 3.05) is 6.61 Å². The minimum absolute atomic E-state index is 0.339. The number of aryl methyl sites for hydroxylation is 1. The highest BCUT2D eigenvalue weighted by atomic mass is 16.7. The van der Waals surface area contributed by atoms with E-state index in [1.54, 1.807) is 13.8 Å². The Hall–Kier alpha value is -1.73. The van der Waals surface area contributed by atoms with Crippen LogP contribution in [0.1, 0.15) is 63.9 Å². The molecule has 1 aromatic carbocycles. The molecule has 0 aromatic heterocycles. The van der Waals surface area contributed by atoms with Crippen LogP contribution in [0, 0.1) is 0 Å². The van der Waals surface area contributed by atoms with Crippen LogP contribution in [0.15, 0.2) is 6.07 Å². The number of benzene rings is 1. The van der Waals surface area contributed by atoms with Gasteiger partial charge in [0.2, 0.25) is 5.79 Å². The number of hydrogen-bond donors (Lipinski definition) is 0. The maximum atomic E-state index is 12.7. The minimum Gasteiger partial charge on any atom is -0.492 e. The molecule has 3 aliphatic rings. The lowest BCUT2D eigenvalue weighted by Gasteiger charge is -2.35. The van der Waals surface area contributed by atoms with Gasteiger partial charge in [-0.1, -0.05) is 6.07 Å². The second kappa shape index (κ2) is 5.39. The summed E-state index contributed by atoms with van der Waals surface area (Å²) in [6.07, 6.45) is 1.72. The van der Waals surface area contributed by atoms with E-state index in [2.05, 4.69) is 0 Å². The van der Waals surface area contributed by atoms with Gasteiger partial charge in [0.25, 0.3) is 0 Å². The van der Waals surface area contributed by atoms with E-state index < -0.39 is 30.1 Å². The van der Waals surface area contributed by atoms with Gasteiger partial charge >= 0.3 is 13.1 Å². The lowest BCUT2D eigenvalue weighted by atomic mass is 9.75. The highest BCUT2D eigenvalue weighted by Crippen LogP contribution is 2.43. The van der Waals surface area contributed by atoms with Crippen molar-refractivity contribution in [1.29, 1.82) is 0 Å². The molecule has 1 aromatic rings. The molecule has 0 bridgehead atoms. The van der Waals surface area contributed by atoms with Crippen LogP contribution in [0.25, 0.3) is 0 Å². The Morgan fingerprint density at radius 1 is 0.962 bits per heavy atom. The summed E-state index contributed by atoms with van der Waals surface area (Å²) in [4.78, 5) is 12.7. The molecule has 0 atom stereocenters. The van der Waals surface area contributed by atoms with Crippen molar-refractivity contribution < 1.29 is 28.3 Å². The van der Waals surface area contributed by atoms with Gasteiger partial charge < -0.3 is 23.5 Å². The van der Waals surface area contributed by atoms with E-state index in [1.807, 2.05) is 33.8 Å². The molecule has 7 heteroatoms. The smallest absolute Gasteiger partial charge is 0.492 e. The highest BCUT2D eigenvalue weighted by molar-refractivity contribution is 6.63. The summed E-state index contributed by atoms with van der Waals surface area (Å²) in [5, 5.41) is 0. The summed E-state index contributed by atoms with van der Waals surface area (Å²) in [5.41, 5.74) is 1.04. The number of rotatable bonds is 1. The van der Waals surface area contributed by atoms with Crippen LogP contribution in [-0.2, 0) is 20.5 Å². The zero-order valence-corrected chi connectivity index (χ0v) is 16.2. The Bertz CT molecular complexity index is 767. The molecule has 3 heterocycles. The van der Waals surface area contributed by atoms with Crippen LogP contribution < -0.4 is 14.9 Å². The third kappa shape index (κ3) is 2.60. The van der Waals surface area contributed by atoms with Gasteiger partial charge in [0.05, 0.1) is 17.8 Å². The van der Waals surface area contributed by atoms with E-state index in [0.29, 0.717) is 29.1 Å². The van der Waals surface area contributed by atoms with Crippen LogP contribution in [0.4, 0.5) is 0 Å². The fourth-order valence-corrected chi connectivity index (χ4v) is 3.50. The zero-order chi connectivity index (χ0) is 18.9. The zero-order valence-electron chi connectivity index (χ0n) is 16.2. The average molecular weight is 360 g/mol. The maximum Gasteiger partial charge on any atom is 0.498 e. The number of carbonyl (C=O) groups is 1. The van der Waals surface area contributed by atoms with Crippen molar-refractivity contribution in [3.8, 4) is 11.5 Å². The lowest BCUT2D eigenvalue weighted by Crippen LogP contribution is -2.45. The van der Waals surface area contributed by atoms with Crippen molar-refractivity contribution in [3.05, 3.63) is 17.2 Å². The molecular weight excluding hydrogens is 335 g/mol. The van der Waals surface area contributed by atoms with E-state index in [1.165, 1.54) is 0 Å². The molecule has 0 unspecified atom stereocenters. The first-order valence-corrected chi connectivity index (χ1v) is 9.11. The number of carbonyl (C=O) groups excluding carboxylic acids is 1. The topological polar surface area (TPSA) is 63.2 Å². The number of fused-ring (bicyclic) bond motifs is 3. The Labute approximate surface area is 154 Å². The van der Waals surface area contributed by atoms with Gasteiger partial charge in [0.15, 0.2) is 0 Å². The Morgan fingerprint density at radius 2 is 1.62 bits per heavy atom. The molecule has 1 fully saturated rings. The molecule has 1 saturated heterocycles. The van der Waals surface area contributed by atoms with E-state index in [9.17, 15) is 4.79 Å². The Kier molecular flexibility index (Phi) is 3.67. The molecule has 140 valence electrons. The van der Waals surface area contributed by atoms with Crippen molar-refractivity contribution in [1.82, 2.24) is 0 Å². The van der Waals surface area contributed by atoms with Crippen LogP contribution in [0.5, 0.6) is 11.5 Å². The van der Waals surface area contributed by atoms with Gasteiger partial charge in [-0.15, -0.1) is 0 Å². The van der Waals surface area contributed by atoms with Crippen LogP contribution in [0.2, 0.25) is 0 Å². The number of esters is 1. The average Bonchev–Trinajstić information content (AvgIpc) is 2.72. The molecule has 6 nitrogen and oxygen atoms in total. The second-order valence-corrected chi connectivity index (χ2v) is 8.59. The molecule has 3 aliphatic heterocycles. The summed E-state index contributed by atoms with van der Waals surface area (Å²) in [6.45, 7) is 12.0. The van der Waals surface area contributed by atoms with Crippen molar-refractivity contribution in [3.63, 3.8) is 0 Å². The lowest BCUT2D eigenvalue weighted by molar-refractivity contribution is -0.127. The fraction of sp³-hybridized carbons (Fsp3) is 0.632. The molecule has 0 radical (unpaired) electrons. The van der Waals surface area contributed by atoms with Gasteiger partial charge in [-0.2, -0.15) is 0 Å². The van der Waals surface area contributed by atoms with Gasteiger partial charge in [-0.25, -0.2) is 4.79 Å². The first-order chi connectivity index (χ1) is 12.0. The Morgan fingerprint density at radius 3 is 2.27 bits per heavy atom. The molecule has 0 spiro atoms. The van der Waals surface area contributed by atoms with Crippen LogP contribution >= 0.6 is 0 Å². The molecule has 26 heavy (non-hydrogen) atoms.